The molecule has 0 radical (unpaired) electrons. The summed E-state index contributed by atoms with van der Waals surface area (Å²) in [5.41, 5.74) is 1.47. The van der Waals surface area contributed by atoms with Gasteiger partial charge in [0, 0.05) is 0 Å². The molecule has 0 fully saturated rings. The highest BCUT2D eigenvalue weighted by Crippen LogP contribution is 2.38. The second-order valence-corrected chi connectivity index (χ2v) is 9.68. The van der Waals surface area contributed by atoms with Gasteiger partial charge in [-0.25, -0.2) is 0 Å². The van der Waals surface area contributed by atoms with E-state index in [0.717, 1.165) is 11.5 Å². The highest BCUT2D eigenvalue weighted by molar-refractivity contribution is 7.79. The van der Waals surface area contributed by atoms with Crippen molar-refractivity contribution < 1.29 is 9.47 Å². The Morgan fingerprint density at radius 2 is 1.07 bits per heavy atom. The molecule has 0 saturated carbocycles. The first kappa shape index (κ1) is 19.5. The van der Waals surface area contributed by atoms with Crippen molar-refractivity contribution in [2.24, 2.45) is 0 Å². The number of rotatable bonds is 5. The summed E-state index contributed by atoms with van der Waals surface area (Å²) in [4.78, 5) is 0. The fourth-order valence-corrected chi connectivity index (χ4v) is 5.83. The van der Waals surface area contributed by atoms with Crippen LogP contribution in [0.2, 0.25) is 0 Å². The molecule has 3 aromatic carbocycles. The molecule has 0 saturated heterocycles. The number of benzene rings is 3. The summed E-state index contributed by atoms with van der Waals surface area (Å²) < 4.78 is 10.7. The maximum Gasteiger partial charge on any atom is 0.118 e. The van der Waals surface area contributed by atoms with Crippen LogP contribution in [0.5, 0.6) is 11.5 Å². The van der Waals surface area contributed by atoms with Gasteiger partial charge in [0.15, 0.2) is 0 Å². The Labute approximate surface area is 163 Å². The molecule has 0 heterocycles. The molecule has 0 aromatic heterocycles. The molecular formula is C24H27O2P. The van der Waals surface area contributed by atoms with E-state index in [2.05, 4.69) is 69.3 Å². The van der Waals surface area contributed by atoms with Crippen molar-refractivity contribution in [3.05, 3.63) is 78.4 Å². The van der Waals surface area contributed by atoms with Crippen LogP contribution in [-0.2, 0) is 5.41 Å². The Bertz CT molecular complexity index is 830. The molecule has 0 atom stereocenters. The van der Waals surface area contributed by atoms with Crippen LogP contribution >= 0.6 is 7.92 Å². The fraction of sp³-hybridized carbons (Fsp3) is 0.250. The molecule has 0 unspecified atom stereocenters. The molecule has 2 nitrogen and oxygen atoms in total. The van der Waals surface area contributed by atoms with Gasteiger partial charge < -0.3 is 9.47 Å². The van der Waals surface area contributed by atoms with Gasteiger partial charge in [0.25, 0.3) is 0 Å². The van der Waals surface area contributed by atoms with Crippen molar-refractivity contribution in [3.8, 4) is 11.5 Å². The zero-order valence-corrected chi connectivity index (χ0v) is 17.6. The minimum Gasteiger partial charge on any atom is -0.497 e. The van der Waals surface area contributed by atoms with E-state index >= 15 is 0 Å². The van der Waals surface area contributed by atoms with Gasteiger partial charge in [-0.3, -0.25) is 0 Å². The summed E-state index contributed by atoms with van der Waals surface area (Å²) >= 11 is 0. The quantitative estimate of drug-likeness (QED) is 0.596. The minimum absolute atomic E-state index is 0.0795. The minimum atomic E-state index is -0.677. The lowest BCUT2D eigenvalue weighted by molar-refractivity contribution is 0.415. The summed E-state index contributed by atoms with van der Waals surface area (Å²) in [6.07, 6.45) is 0. The maximum absolute atomic E-state index is 5.36. The van der Waals surface area contributed by atoms with Crippen molar-refractivity contribution in [2.75, 3.05) is 14.2 Å². The van der Waals surface area contributed by atoms with Crippen molar-refractivity contribution >= 4 is 23.8 Å². The largest absolute Gasteiger partial charge is 0.497 e. The number of hydrogen-bond donors (Lipinski definition) is 0. The van der Waals surface area contributed by atoms with Crippen molar-refractivity contribution in [3.63, 3.8) is 0 Å². The Hall–Kier alpha value is -2.31. The molecular weight excluding hydrogens is 351 g/mol. The lowest BCUT2D eigenvalue weighted by atomic mass is 9.87. The molecule has 0 bridgehead atoms. The van der Waals surface area contributed by atoms with Crippen LogP contribution in [0.15, 0.2) is 72.8 Å². The van der Waals surface area contributed by atoms with E-state index in [-0.39, 0.29) is 5.41 Å². The Morgan fingerprint density at radius 3 is 1.48 bits per heavy atom. The standard InChI is InChI=1S/C24H27O2P/c1-24(2,3)22-8-6-7-9-23(22)27(20-14-10-18(25-4)11-15-20)21-16-12-19(26-5)13-17-21/h6-17H,1-5H3. The van der Waals surface area contributed by atoms with Crippen LogP contribution in [0.1, 0.15) is 26.3 Å². The summed E-state index contributed by atoms with van der Waals surface area (Å²) in [5, 5.41) is 4.02. The fourth-order valence-electron chi connectivity index (χ4n) is 3.19. The van der Waals surface area contributed by atoms with Gasteiger partial charge in [-0.05, 0) is 59.1 Å². The van der Waals surface area contributed by atoms with Crippen LogP contribution in [0, 0.1) is 0 Å². The van der Waals surface area contributed by atoms with Crippen molar-refractivity contribution in [1.82, 2.24) is 0 Å². The molecule has 0 aliphatic heterocycles. The van der Waals surface area contributed by atoms with Gasteiger partial charge >= 0.3 is 0 Å². The average molecular weight is 378 g/mol. The smallest absolute Gasteiger partial charge is 0.118 e. The molecule has 0 spiro atoms. The van der Waals surface area contributed by atoms with Crippen LogP contribution in [0.25, 0.3) is 0 Å². The van der Waals surface area contributed by atoms with E-state index in [9.17, 15) is 0 Å². The van der Waals surface area contributed by atoms with Crippen LogP contribution in [0.3, 0.4) is 0 Å². The molecule has 140 valence electrons. The lowest BCUT2D eigenvalue weighted by Crippen LogP contribution is -2.28. The third-order valence-electron chi connectivity index (χ3n) is 4.61. The Morgan fingerprint density at radius 1 is 0.630 bits per heavy atom. The number of ether oxygens (including phenoxy) is 2. The summed E-state index contributed by atoms with van der Waals surface area (Å²) in [7, 11) is 2.73. The van der Waals surface area contributed by atoms with Gasteiger partial charge in [-0.15, -0.1) is 0 Å². The average Bonchev–Trinajstić information content (AvgIpc) is 2.69. The third kappa shape index (κ3) is 4.34. The van der Waals surface area contributed by atoms with Gasteiger partial charge in [-0.2, -0.15) is 0 Å². The zero-order valence-electron chi connectivity index (χ0n) is 16.7. The van der Waals surface area contributed by atoms with Crippen molar-refractivity contribution in [2.45, 2.75) is 26.2 Å². The SMILES string of the molecule is COc1ccc(P(c2ccc(OC)cc2)c2ccccc2C(C)(C)C)cc1. The predicted molar refractivity (Wildman–Crippen MR) is 117 cm³/mol. The third-order valence-corrected chi connectivity index (χ3v) is 7.12. The Balaban J connectivity index is 2.18. The predicted octanol–water partition coefficient (Wildman–Crippen LogP) is 4.76. The molecule has 0 amide bonds. The lowest BCUT2D eigenvalue weighted by Gasteiger charge is -2.28. The molecule has 0 aliphatic rings. The molecule has 0 N–H and O–H groups in total. The second kappa shape index (κ2) is 8.15. The van der Waals surface area contributed by atoms with Gasteiger partial charge in [0.2, 0.25) is 0 Å². The van der Waals surface area contributed by atoms with Gasteiger partial charge in [-0.1, -0.05) is 69.3 Å². The maximum atomic E-state index is 5.36. The van der Waals surface area contributed by atoms with Gasteiger partial charge in [0.1, 0.15) is 11.5 Å². The van der Waals surface area contributed by atoms with Gasteiger partial charge in [0.05, 0.1) is 14.2 Å². The van der Waals surface area contributed by atoms with Crippen LogP contribution in [-0.4, -0.2) is 14.2 Å². The molecule has 3 rings (SSSR count). The van der Waals surface area contributed by atoms with E-state index in [1.54, 1.807) is 14.2 Å². The van der Waals surface area contributed by atoms with Crippen LogP contribution in [0.4, 0.5) is 0 Å². The topological polar surface area (TPSA) is 18.5 Å². The zero-order chi connectivity index (χ0) is 19.4. The number of hydrogen-bond acceptors (Lipinski definition) is 2. The number of methoxy groups -OCH3 is 2. The second-order valence-electron chi connectivity index (χ2n) is 7.50. The summed E-state index contributed by atoms with van der Waals surface area (Å²) in [5.74, 6) is 1.76. The highest BCUT2D eigenvalue weighted by Gasteiger charge is 2.25. The molecule has 3 aromatic rings. The van der Waals surface area contributed by atoms with Crippen molar-refractivity contribution in [1.29, 1.82) is 0 Å². The monoisotopic (exact) mass is 378 g/mol. The summed E-state index contributed by atoms with van der Waals surface area (Å²) in [6, 6.07) is 25.8. The first-order valence-corrected chi connectivity index (χ1v) is 10.5. The van der Waals surface area contributed by atoms with E-state index in [1.807, 2.05) is 24.3 Å². The van der Waals surface area contributed by atoms with E-state index < -0.39 is 7.92 Å². The van der Waals surface area contributed by atoms with E-state index in [4.69, 9.17) is 9.47 Å². The first-order chi connectivity index (χ1) is 12.9. The Kier molecular flexibility index (Phi) is 5.87. The van der Waals surface area contributed by atoms with E-state index in [0.29, 0.717) is 0 Å². The molecule has 0 aliphatic carbocycles. The molecule has 27 heavy (non-hydrogen) atoms. The summed E-state index contributed by atoms with van der Waals surface area (Å²) in [6.45, 7) is 6.84. The highest BCUT2D eigenvalue weighted by atomic mass is 31.1. The normalized spacial score (nSPS) is 11.5. The van der Waals surface area contributed by atoms with Crippen LogP contribution < -0.4 is 25.4 Å². The molecule has 3 heteroatoms. The van der Waals surface area contributed by atoms with E-state index in [1.165, 1.54) is 21.5 Å². The first-order valence-electron chi connectivity index (χ1n) is 9.12.